The van der Waals surface area contributed by atoms with Crippen LogP contribution in [0.25, 0.3) is 20.2 Å². The van der Waals surface area contributed by atoms with Crippen LogP contribution in [0.2, 0.25) is 0 Å². The summed E-state index contributed by atoms with van der Waals surface area (Å²) in [5.41, 5.74) is 6.60. The Morgan fingerprint density at radius 2 is 1.69 bits per heavy atom. The molecule has 1 atom stereocenters. The number of nitrogens with two attached hydrogens (primary N) is 1. The van der Waals surface area contributed by atoms with Gasteiger partial charge in [-0.2, -0.15) is 0 Å². The first-order valence-electron chi connectivity index (χ1n) is 10.9. The minimum atomic E-state index is -4.70. The van der Waals surface area contributed by atoms with Gasteiger partial charge < -0.3 is 25.4 Å². The Kier molecular flexibility index (Phi) is 7.40. The van der Waals surface area contributed by atoms with Crippen LogP contribution in [0.4, 0.5) is 0 Å². The van der Waals surface area contributed by atoms with E-state index in [2.05, 4.69) is 4.52 Å². The monoisotopic (exact) mass is 515 g/mol. The van der Waals surface area contributed by atoms with Gasteiger partial charge in [-0.05, 0) is 67.8 Å². The predicted octanol–water partition coefficient (Wildman–Crippen LogP) is 4.25. The maximum absolute atomic E-state index is 13.2. The van der Waals surface area contributed by atoms with E-state index in [0.717, 1.165) is 26.3 Å². The van der Waals surface area contributed by atoms with E-state index in [1.54, 1.807) is 18.2 Å². The molecule has 8 nitrogen and oxygen atoms in total. The molecular formula is C25H26NO7PS. The number of benzene rings is 3. The molecule has 1 heterocycles. The molecule has 0 aliphatic carbocycles. The van der Waals surface area contributed by atoms with Crippen molar-refractivity contribution in [3.05, 3.63) is 82.0 Å². The number of phosphoric ester groups is 1. The summed E-state index contributed by atoms with van der Waals surface area (Å²) in [5.74, 6) is 1.37. The number of rotatable bonds is 9. The van der Waals surface area contributed by atoms with Gasteiger partial charge in [0.1, 0.15) is 11.5 Å². The van der Waals surface area contributed by atoms with Gasteiger partial charge in [-0.15, -0.1) is 11.3 Å². The fourth-order valence-corrected chi connectivity index (χ4v) is 5.15. The molecule has 35 heavy (non-hydrogen) atoms. The molecule has 0 aliphatic heterocycles. The van der Waals surface area contributed by atoms with E-state index in [1.807, 2.05) is 49.4 Å². The van der Waals surface area contributed by atoms with Crippen LogP contribution in [0.1, 0.15) is 17.5 Å². The highest BCUT2D eigenvalue weighted by molar-refractivity contribution is 7.46. The Hall–Kier alpha value is -2.62. The van der Waals surface area contributed by atoms with Gasteiger partial charge in [-0.3, -0.25) is 9.32 Å². The molecule has 0 saturated carbocycles. The Labute approximate surface area is 205 Å². The van der Waals surface area contributed by atoms with Gasteiger partial charge in [0.25, 0.3) is 0 Å². The van der Waals surface area contributed by atoms with E-state index in [9.17, 15) is 14.5 Å². The van der Waals surface area contributed by atoms with E-state index < -0.39 is 26.6 Å². The zero-order chi connectivity index (χ0) is 25.2. The van der Waals surface area contributed by atoms with Gasteiger partial charge in [0.05, 0.1) is 18.8 Å². The number of aliphatic hydroxyl groups is 1. The molecule has 3 aromatic carbocycles. The maximum atomic E-state index is 13.2. The van der Waals surface area contributed by atoms with Crippen molar-refractivity contribution >= 4 is 39.3 Å². The third-order valence-electron chi connectivity index (χ3n) is 5.71. The van der Waals surface area contributed by atoms with Crippen molar-refractivity contribution in [2.24, 2.45) is 5.73 Å². The molecule has 5 N–H and O–H groups in total. The number of ether oxygens (including phenoxy) is 1. The lowest BCUT2D eigenvalue weighted by Crippen LogP contribution is -2.48. The Morgan fingerprint density at radius 1 is 0.971 bits per heavy atom. The summed E-state index contributed by atoms with van der Waals surface area (Å²) < 4.78 is 23.0. The van der Waals surface area contributed by atoms with Crippen LogP contribution in [-0.4, -0.2) is 33.6 Å². The predicted molar refractivity (Wildman–Crippen MR) is 137 cm³/mol. The topological polar surface area (TPSA) is 139 Å². The second kappa shape index (κ2) is 10.2. The number of hydrogen-bond acceptors (Lipinski definition) is 7. The van der Waals surface area contributed by atoms with E-state index in [-0.39, 0.29) is 11.8 Å². The van der Waals surface area contributed by atoms with Crippen molar-refractivity contribution in [2.75, 3.05) is 13.2 Å². The number of aliphatic hydroxyl groups excluding tert-OH is 1. The molecule has 0 saturated heterocycles. The lowest BCUT2D eigenvalue weighted by Gasteiger charge is -2.27. The van der Waals surface area contributed by atoms with E-state index in [4.69, 9.17) is 20.3 Å². The highest BCUT2D eigenvalue weighted by Gasteiger charge is 2.28. The molecule has 0 radical (unpaired) electrons. The summed E-state index contributed by atoms with van der Waals surface area (Å²) in [4.78, 5) is 31.0. The van der Waals surface area contributed by atoms with E-state index in [1.165, 1.54) is 11.3 Å². The van der Waals surface area contributed by atoms with Gasteiger partial charge in [0.15, 0.2) is 5.43 Å². The second-order valence-electron chi connectivity index (χ2n) is 8.62. The molecule has 0 fully saturated rings. The summed E-state index contributed by atoms with van der Waals surface area (Å²) in [5, 5.41) is 10.8. The highest BCUT2D eigenvalue weighted by atomic mass is 32.1. The largest absolute Gasteiger partial charge is 0.469 e. The van der Waals surface area contributed by atoms with Crippen molar-refractivity contribution in [2.45, 2.75) is 25.3 Å². The Balaban J connectivity index is 1.57. The normalized spacial score (nSPS) is 13.7. The van der Waals surface area contributed by atoms with E-state index >= 15 is 0 Å². The van der Waals surface area contributed by atoms with Gasteiger partial charge in [0, 0.05) is 20.2 Å². The average Bonchev–Trinajstić information content (AvgIpc) is 2.83. The number of aryl methyl sites for hydroxylation is 2. The van der Waals surface area contributed by atoms with Crippen LogP contribution in [-0.2, 0) is 15.5 Å². The minimum Gasteiger partial charge on any atom is -0.457 e. The molecule has 0 aliphatic rings. The fraction of sp³-hybridized carbons (Fsp3) is 0.240. The van der Waals surface area contributed by atoms with Crippen LogP contribution >= 0.6 is 19.2 Å². The Bertz CT molecular complexity index is 1460. The SMILES string of the molecule is Cc1ccc(Oc2ccc3c(=O)c4cc(CCC(N)(CO)COP(=O)(O)O)ccc4sc3c2)cc1. The molecule has 184 valence electrons. The van der Waals surface area contributed by atoms with Crippen LogP contribution in [0.5, 0.6) is 11.5 Å². The van der Waals surface area contributed by atoms with E-state index in [0.29, 0.717) is 22.9 Å². The average molecular weight is 516 g/mol. The fourth-order valence-electron chi connectivity index (χ4n) is 3.65. The summed E-state index contributed by atoms with van der Waals surface area (Å²) in [6, 6.07) is 18.7. The van der Waals surface area contributed by atoms with Gasteiger partial charge in [-0.1, -0.05) is 23.8 Å². The molecule has 4 rings (SSSR count). The molecule has 1 aromatic heterocycles. The zero-order valence-electron chi connectivity index (χ0n) is 19.0. The minimum absolute atomic E-state index is 0.0940. The van der Waals surface area contributed by atoms with Crippen LogP contribution in [0.15, 0.2) is 65.5 Å². The standard InChI is InChI=1S/C25H26NO7PS/c1-16-2-5-18(6-3-16)33-19-7-8-20-23(13-19)35-22-9-4-17(12-21(22)24(20)28)10-11-25(26,14-27)15-32-34(29,30)31/h2-9,12-13,27H,10-11,14-15,26H2,1H3,(H2,29,30,31). The zero-order valence-corrected chi connectivity index (χ0v) is 20.7. The molecule has 4 aromatic rings. The van der Waals surface area contributed by atoms with Crippen molar-refractivity contribution in [3.8, 4) is 11.5 Å². The molecule has 0 bridgehead atoms. The summed E-state index contributed by atoms with van der Waals surface area (Å²) in [6.07, 6.45) is 0.600. The quantitative estimate of drug-likeness (QED) is 0.192. The lowest BCUT2D eigenvalue weighted by atomic mass is 9.93. The summed E-state index contributed by atoms with van der Waals surface area (Å²) in [7, 11) is -4.70. The van der Waals surface area contributed by atoms with Crippen molar-refractivity contribution in [1.29, 1.82) is 0 Å². The third kappa shape index (κ3) is 6.34. The van der Waals surface area contributed by atoms with Crippen LogP contribution in [0, 0.1) is 6.92 Å². The van der Waals surface area contributed by atoms with Crippen molar-refractivity contribution in [1.82, 2.24) is 0 Å². The summed E-state index contributed by atoms with van der Waals surface area (Å²) >= 11 is 1.49. The highest BCUT2D eigenvalue weighted by Crippen LogP contribution is 2.37. The Morgan fingerprint density at radius 3 is 2.37 bits per heavy atom. The van der Waals surface area contributed by atoms with Gasteiger partial charge >= 0.3 is 7.82 Å². The van der Waals surface area contributed by atoms with Crippen molar-refractivity contribution in [3.63, 3.8) is 0 Å². The van der Waals surface area contributed by atoms with Crippen molar-refractivity contribution < 1.29 is 28.7 Å². The molecular weight excluding hydrogens is 489 g/mol. The third-order valence-corrected chi connectivity index (χ3v) is 7.31. The molecule has 1 unspecified atom stereocenters. The smallest absolute Gasteiger partial charge is 0.457 e. The first kappa shape index (κ1) is 25.5. The van der Waals surface area contributed by atoms with Gasteiger partial charge in [0.2, 0.25) is 0 Å². The maximum Gasteiger partial charge on any atom is 0.469 e. The van der Waals surface area contributed by atoms with Crippen LogP contribution in [0.3, 0.4) is 0 Å². The lowest BCUT2D eigenvalue weighted by molar-refractivity contribution is 0.102. The first-order chi connectivity index (χ1) is 16.5. The van der Waals surface area contributed by atoms with Crippen LogP contribution < -0.4 is 15.9 Å². The number of fused-ring (bicyclic) bond motifs is 2. The molecule has 0 spiro atoms. The molecule has 0 amide bonds. The van der Waals surface area contributed by atoms with Gasteiger partial charge in [-0.25, -0.2) is 4.57 Å². The number of phosphoric acid groups is 1. The molecule has 10 heteroatoms. The summed E-state index contributed by atoms with van der Waals surface area (Å²) in [6.45, 7) is 1.01. The first-order valence-corrected chi connectivity index (χ1v) is 13.2. The number of hydrogen-bond donors (Lipinski definition) is 4. The second-order valence-corrected chi connectivity index (χ2v) is 10.9.